The zero-order valence-electron chi connectivity index (χ0n) is 15.9. The molecule has 1 N–H and O–H groups in total. The van der Waals surface area contributed by atoms with E-state index in [0.717, 1.165) is 25.3 Å². The van der Waals surface area contributed by atoms with Crippen molar-refractivity contribution in [3.63, 3.8) is 0 Å². The molecule has 0 bridgehead atoms. The molecular weight excluding hydrogens is 350 g/mol. The smallest absolute Gasteiger partial charge is 0.251 e. The van der Waals surface area contributed by atoms with Crippen molar-refractivity contribution in [3.8, 4) is 5.69 Å². The van der Waals surface area contributed by atoms with E-state index in [2.05, 4.69) is 50.7 Å². The predicted octanol–water partition coefficient (Wildman–Crippen LogP) is 2.88. The first kappa shape index (κ1) is 18.4. The Morgan fingerprint density at radius 3 is 2.54 bits per heavy atom. The topological polar surface area (TPSA) is 63.1 Å². The number of benzene rings is 2. The molecule has 28 heavy (non-hydrogen) atoms. The maximum absolute atomic E-state index is 12.4. The van der Waals surface area contributed by atoms with Crippen LogP contribution in [0, 0.1) is 0 Å². The van der Waals surface area contributed by atoms with Gasteiger partial charge in [-0.2, -0.15) is 0 Å². The minimum atomic E-state index is -0.0353. The highest BCUT2D eigenvalue weighted by Gasteiger charge is 2.20. The number of hydrogen-bond donors (Lipinski definition) is 1. The average Bonchev–Trinajstić information content (AvgIpc) is 3.30. The van der Waals surface area contributed by atoms with Gasteiger partial charge in [0.2, 0.25) is 0 Å². The van der Waals surface area contributed by atoms with Crippen LogP contribution < -0.4 is 5.32 Å². The van der Waals surface area contributed by atoms with Crippen LogP contribution in [-0.4, -0.2) is 51.8 Å². The van der Waals surface area contributed by atoms with Gasteiger partial charge in [-0.05, 0) is 55.1 Å². The van der Waals surface area contributed by atoms with Crippen molar-refractivity contribution in [1.82, 2.24) is 25.0 Å². The summed E-state index contributed by atoms with van der Waals surface area (Å²) in [6.07, 6.45) is 5.72. The Bertz CT molecular complexity index is 877. The summed E-state index contributed by atoms with van der Waals surface area (Å²) in [6, 6.07) is 18.2. The fourth-order valence-corrected chi connectivity index (χ4v) is 3.80. The van der Waals surface area contributed by atoms with Crippen LogP contribution in [-0.2, 0) is 0 Å². The molecule has 1 aliphatic heterocycles. The quantitative estimate of drug-likeness (QED) is 0.720. The molecule has 1 saturated heterocycles. The lowest BCUT2D eigenvalue weighted by Gasteiger charge is -2.33. The van der Waals surface area contributed by atoms with Crippen molar-refractivity contribution >= 4 is 5.91 Å². The summed E-state index contributed by atoms with van der Waals surface area (Å²) in [5, 5.41) is 10.6. The highest BCUT2D eigenvalue weighted by molar-refractivity contribution is 5.94. The molecule has 4 rings (SSSR count). The number of piperidine rings is 1. The van der Waals surface area contributed by atoms with E-state index in [1.807, 2.05) is 24.3 Å². The van der Waals surface area contributed by atoms with E-state index in [0.29, 0.717) is 18.0 Å². The van der Waals surface area contributed by atoms with Crippen LogP contribution >= 0.6 is 0 Å². The number of hydrogen-bond acceptors (Lipinski definition) is 4. The summed E-state index contributed by atoms with van der Waals surface area (Å²) in [6.45, 7) is 3.71. The first-order valence-corrected chi connectivity index (χ1v) is 9.80. The summed E-state index contributed by atoms with van der Waals surface area (Å²) in [5.74, 6) is 0.558. The lowest BCUT2D eigenvalue weighted by molar-refractivity contribution is 0.0945. The highest BCUT2D eigenvalue weighted by Crippen LogP contribution is 2.26. The highest BCUT2D eigenvalue weighted by atomic mass is 16.1. The Balaban J connectivity index is 1.26. The number of carbonyl (C=O) groups is 1. The maximum Gasteiger partial charge on any atom is 0.251 e. The lowest BCUT2D eigenvalue weighted by Crippen LogP contribution is -2.40. The zero-order chi connectivity index (χ0) is 19.2. The van der Waals surface area contributed by atoms with Gasteiger partial charge in [0.15, 0.2) is 0 Å². The van der Waals surface area contributed by atoms with Gasteiger partial charge in [-0.3, -0.25) is 9.36 Å². The largest absolute Gasteiger partial charge is 0.351 e. The molecular formula is C22H25N5O. The number of carbonyl (C=O) groups excluding carboxylic acids is 1. The summed E-state index contributed by atoms with van der Waals surface area (Å²) in [4.78, 5) is 14.9. The molecule has 0 aliphatic carbocycles. The van der Waals surface area contributed by atoms with E-state index in [-0.39, 0.29) is 5.91 Å². The Kier molecular flexibility index (Phi) is 5.77. The number of aromatic nitrogens is 3. The van der Waals surface area contributed by atoms with Crippen molar-refractivity contribution in [2.75, 3.05) is 26.2 Å². The van der Waals surface area contributed by atoms with Crippen LogP contribution in [0.25, 0.3) is 5.69 Å². The SMILES string of the molecule is O=C(NCCN1CCCC(c2ccccc2)C1)c1ccc(-n2cnnc2)cc1. The van der Waals surface area contributed by atoms with Crippen LogP contribution in [0.4, 0.5) is 0 Å². The zero-order valence-corrected chi connectivity index (χ0v) is 15.9. The fraction of sp³-hybridized carbons (Fsp3) is 0.318. The molecule has 6 nitrogen and oxygen atoms in total. The normalized spacial score (nSPS) is 17.4. The standard InChI is InChI=1S/C22H25N5O/c28-22(19-8-10-21(11-9-19)27-16-24-25-17-27)23-12-14-26-13-4-7-20(15-26)18-5-2-1-3-6-18/h1-3,5-6,8-11,16-17,20H,4,7,12-15H2,(H,23,28). The second-order valence-electron chi connectivity index (χ2n) is 7.22. The molecule has 1 amide bonds. The molecule has 2 heterocycles. The van der Waals surface area contributed by atoms with Gasteiger partial charge in [0, 0.05) is 30.9 Å². The van der Waals surface area contributed by atoms with Crippen molar-refractivity contribution in [2.45, 2.75) is 18.8 Å². The monoisotopic (exact) mass is 375 g/mol. The van der Waals surface area contributed by atoms with Gasteiger partial charge in [-0.1, -0.05) is 30.3 Å². The summed E-state index contributed by atoms with van der Waals surface area (Å²) in [7, 11) is 0. The number of amides is 1. The molecule has 0 saturated carbocycles. The first-order chi connectivity index (χ1) is 13.8. The number of nitrogens with one attached hydrogen (secondary N) is 1. The number of rotatable bonds is 6. The Morgan fingerprint density at radius 2 is 1.79 bits per heavy atom. The van der Waals surface area contributed by atoms with E-state index >= 15 is 0 Å². The molecule has 1 fully saturated rings. The molecule has 1 atom stereocenters. The van der Waals surface area contributed by atoms with Crippen LogP contribution in [0.5, 0.6) is 0 Å². The second kappa shape index (κ2) is 8.80. The predicted molar refractivity (Wildman–Crippen MR) is 109 cm³/mol. The van der Waals surface area contributed by atoms with Crippen molar-refractivity contribution in [3.05, 3.63) is 78.4 Å². The van der Waals surface area contributed by atoms with Gasteiger partial charge in [0.25, 0.3) is 5.91 Å². The molecule has 3 aromatic rings. The summed E-state index contributed by atoms with van der Waals surface area (Å²) in [5.41, 5.74) is 3.02. The van der Waals surface area contributed by atoms with E-state index in [1.54, 1.807) is 17.2 Å². The first-order valence-electron chi connectivity index (χ1n) is 9.80. The average molecular weight is 375 g/mol. The van der Waals surface area contributed by atoms with Crippen LogP contribution in [0.3, 0.4) is 0 Å². The van der Waals surface area contributed by atoms with Crippen molar-refractivity contribution in [2.24, 2.45) is 0 Å². The summed E-state index contributed by atoms with van der Waals surface area (Å²) >= 11 is 0. The third-order valence-corrected chi connectivity index (χ3v) is 5.34. The van der Waals surface area contributed by atoms with E-state index in [9.17, 15) is 4.79 Å². The Labute approximate surface area is 165 Å². The molecule has 0 spiro atoms. The molecule has 1 aromatic heterocycles. The number of likely N-dealkylation sites (tertiary alicyclic amines) is 1. The van der Waals surface area contributed by atoms with Crippen molar-refractivity contribution in [1.29, 1.82) is 0 Å². The minimum absolute atomic E-state index is 0.0353. The molecule has 0 radical (unpaired) electrons. The van der Waals surface area contributed by atoms with Gasteiger partial charge in [0.1, 0.15) is 12.7 Å². The van der Waals surface area contributed by atoms with Crippen LogP contribution in [0.1, 0.15) is 34.7 Å². The van der Waals surface area contributed by atoms with E-state index in [1.165, 1.54) is 18.4 Å². The summed E-state index contributed by atoms with van der Waals surface area (Å²) < 4.78 is 1.81. The number of nitrogens with zero attached hydrogens (tertiary/aromatic N) is 4. The van der Waals surface area contributed by atoms with Gasteiger partial charge < -0.3 is 10.2 Å². The lowest BCUT2D eigenvalue weighted by atomic mass is 9.91. The molecule has 144 valence electrons. The maximum atomic E-state index is 12.4. The minimum Gasteiger partial charge on any atom is -0.351 e. The molecule has 1 aliphatic rings. The molecule has 2 aromatic carbocycles. The van der Waals surface area contributed by atoms with Crippen LogP contribution in [0.15, 0.2) is 67.3 Å². The van der Waals surface area contributed by atoms with Gasteiger partial charge in [-0.25, -0.2) is 0 Å². The third-order valence-electron chi connectivity index (χ3n) is 5.34. The third kappa shape index (κ3) is 4.46. The fourth-order valence-electron chi connectivity index (χ4n) is 3.80. The Hall–Kier alpha value is -2.99. The van der Waals surface area contributed by atoms with E-state index < -0.39 is 0 Å². The van der Waals surface area contributed by atoms with E-state index in [4.69, 9.17) is 0 Å². The Morgan fingerprint density at radius 1 is 1.04 bits per heavy atom. The van der Waals surface area contributed by atoms with Gasteiger partial charge in [-0.15, -0.1) is 10.2 Å². The van der Waals surface area contributed by atoms with Crippen molar-refractivity contribution < 1.29 is 4.79 Å². The van der Waals surface area contributed by atoms with Crippen LogP contribution in [0.2, 0.25) is 0 Å². The van der Waals surface area contributed by atoms with Gasteiger partial charge >= 0.3 is 0 Å². The second-order valence-corrected chi connectivity index (χ2v) is 7.22. The van der Waals surface area contributed by atoms with Gasteiger partial charge in [0.05, 0.1) is 0 Å². The molecule has 6 heteroatoms. The molecule has 1 unspecified atom stereocenters.